The lowest BCUT2D eigenvalue weighted by atomic mass is 10.1. The fourth-order valence-electron chi connectivity index (χ4n) is 1.95. The number of halogens is 3. The number of amides is 3. The number of carbonyl (C=O) groups is 2. The molecular weight excluding hydrogens is 335 g/mol. The molecule has 0 heterocycles. The minimum atomic E-state index is -0.898. The summed E-state index contributed by atoms with van der Waals surface area (Å²) in [4.78, 5) is 23.4. The highest BCUT2D eigenvalue weighted by atomic mass is 19.1. The van der Waals surface area contributed by atoms with Crippen LogP contribution in [0.2, 0.25) is 0 Å². The number of rotatable bonds is 5. The molecular formula is C17H16F3N3O2. The van der Waals surface area contributed by atoms with Crippen LogP contribution in [0.15, 0.2) is 36.4 Å². The predicted molar refractivity (Wildman–Crippen MR) is 86.8 cm³/mol. The van der Waals surface area contributed by atoms with E-state index in [1.54, 1.807) is 6.92 Å². The highest BCUT2D eigenvalue weighted by molar-refractivity contribution is 5.94. The normalized spacial score (nSPS) is 10.2. The quantitative estimate of drug-likeness (QED) is 0.725. The first-order valence-electron chi connectivity index (χ1n) is 7.41. The SMILES string of the molecule is Cc1ccc(C(=O)NCCNC(=O)Nc2ccc(F)cc2F)cc1F. The monoisotopic (exact) mass is 351 g/mol. The van der Waals surface area contributed by atoms with Crippen molar-refractivity contribution < 1.29 is 22.8 Å². The van der Waals surface area contributed by atoms with Gasteiger partial charge in [0, 0.05) is 24.7 Å². The summed E-state index contributed by atoms with van der Waals surface area (Å²) >= 11 is 0. The van der Waals surface area contributed by atoms with Crippen LogP contribution in [0.4, 0.5) is 23.7 Å². The van der Waals surface area contributed by atoms with Crippen LogP contribution in [0.25, 0.3) is 0 Å². The van der Waals surface area contributed by atoms with Gasteiger partial charge in [0.25, 0.3) is 5.91 Å². The molecule has 0 aliphatic carbocycles. The lowest BCUT2D eigenvalue weighted by molar-refractivity contribution is 0.0953. The number of hydrogen-bond acceptors (Lipinski definition) is 2. The third-order valence-electron chi connectivity index (χ3n) is 3.31. The van der Waals surface area contributed by atoms with Gasteiger partial charge in [-0.05, 0) is 36.8 Å². The molecule has 0 atom stereocenters. The lowest BCUT2D eigenvalue weighted by Gasteiger charge is -2.09. The van der Waals surface area contributed by atoms with E-state index in [1.807, 2.05) is 0 Å². The van der Waals surface area contributed by atoms with E-state index in [4.69, 9.17) is 0 Å². The molecule has 0 aromatic heterocycles. The van der Waals surface area contributed by atoms with Crippen LogP contribution < -0.4 is 16.0 Å². The number of carbonyl (C=O) groups excluding carboxylic acids is 2. The van der Waals surface area contributed by atoms with E-state index in [0.717, 1.165) is 18.2 Å². The Bertz CT molecular complexity index is 797. The molecule has 3 amide bonds. The Balaban J connectivity index is 1.75. The Hall–Kier alpha value is -3.03. The Morgan fingerprint density at radius 2 is 1.64 bits per heavy atom. The van der Waals surface area contributed by atoms with Crippen molar-refractivity contribution in [2.75, 3.05) is 18.4 Å². The summed E-state index contributed by atoms with van der Waals surface area (Å²) in [5, 5.41) is 7.13. The van der Waals surface area contributed by atoms with Gasteiger partial charge >= 0.3 is 6.03 Å². The molecule has 0 radical (unpaired) electrons. The Morgan fingerprint density at radius 1 is 0.920 bits per heavy atom. The second-order valence-electron chi connectivity index (χ2n) is 5.22. The molecule has 5 nitrogen and oxygen atoms in total. The third-order valence-corrected chi connectivity index (χ3v) is 3.31. The Labute approximate surface area is 142 Å². The molecule has 2 aromatic carbocycles. The van der Waals surface area contributed by atoms with E-state index in [0.29, 0.717) is 11.6 Å². The molecule has 0 aliphatic heterocycles. The molecule has 2 rings (SSSR count). The fourth-order valence-corrected chi connectivity index (χ4v) is 1.95. The summed E-state index contributed by atoms with van der Waals surface area (Å²) in [6, 6.07) is 6.16. The van der Waals surface area contributed by atoms with E-state index >= 15 is 0 Å². The van der Waals surface area contributed by atoms with Crippen molar-refractivity contribution in [1.29, 1.82) is 0 Å². The average Bonchev–Trinajstić information content (AvgIpc) is 2.56. The maximum absolute atomic E-state index is 13.4. The number of aryl methyl sites for hydroxylation is 1. The van der Waals surface area contributed by atoms with Gasteiger partial charge in [-0.15, -0.1) is 0 Å². The maximum atomic E-state index is 13.4. The zero-order valence-corrected chi connectivity index (χ0v) is 13.3. The Kier molecular flexibility index (Phi) is 5.99. The molecule has 0 fully saturated rings. The molecule has 0 saturated heterocycles. The zero-order chi connectivity index (χ0) is 18.4. The average molecular weight is 351 g/mol. The number of hydrogen-bond donors (Lipinski definition) is 3. The summed E-state index contributed by atoms with van der Waals surface area (Å²) in [5.74, 6) is -2.61. The van der Waals surface area contributed by atoms with Gasteiger partial charge in [0.15, 0.2) is 0 Å². The summed E-state index contributed by atoms with van der Waals surface area (Å²) in [7, 11) is 0. The molecule has 0 saturated carbocycles. The van der Waals surface area contributed by atoms with Crippen molar-refractivity contribution in [2.24, 2.45) is 0 Å². The topological polar surface area (TPSA) is 70.2 Å². The first kappa shape index (κ1) is 18.3. The first-order valence-corrected chi connectivity index (χ1v) is 7.41. The highest BCUT2D eigenvalue weighted by Crippen LogP contribution is 2.14. The Morgan fingerprint density at radius 3 is 2.32 bits per heavy atom. The maximum Gasteiger partial charge on any atom is 0.319 e. The molecule has 8 heteroatoms. The van der Waals surface area contributed by atoms with Gasteiger partial charge in [-0.2, -0.15) is 0 Å². The predicted octanol–water partition coefficient (Wildman–Crippen LogP) is 2.96. The standard InChI is InChI=1S/C17H16F3N3O2/c1-10-2-3-11(8-13(10)19)16(24)21-6-7-22-17(25)23-15-5-4-12(18)9-14(15)20/h2-5,8-9H,6-7H2,1H3,(H,21,24)(H2,22,23,25). The second kappa shape index (κ2) is 8.18. The van der Waals surface area contributed by atoms with Gasteiger partial charge in [0.1, 0.15) is 17.5 Å². The number of anilines is 1. The van der Waals surface area contributed by atoms with Crippen LogP contribution in [0, 0.1) is 24.4 Å². The van der Waals surface area contributed by atoms with Crippen molar-refractivity contribution in [3.63, 3.8) is 0 Å². The summed E-state index contributed by atoms with van der Waals surface area (Å²) in [6.45, 7) is 1.74. The summed E-state index contributed by atoms with van der Waals surface area (Å²) in [6.07, 6.45) is 0. The van der Waals surface area contributed by atoms with E-state index < -0.39 is 29.4 Å². The molecule has 3 N–H and O–H groups in total. The molecule has 0 spiro atoms. The fraction of sp³-hybridized carbons (Fsp3) is 0.176. The summed E-state index contributed by atoms with van der Waals surface area (Å²) < 4.78 is 39.5. The molecule has 0 bridgehead atoms. The van der Waals surface area contributed by atoms with Crippen molar-refractivity contribution >= 4 is 17.6 Å². The molecule has 2 aromatic rings. The minimum absolute atomic E-state index is 0.0642. The van der Waals surface area contributed by atoms with E-state index in [9.17, 15) is 22.8 Å². The summed E-state index contributed by atoms with van der Waals surface area (Å²) in [5.41, 5.74) is 0.432. The van der Waals surface area contributed by atoms with E-state index in [2.05, 4.69) is 16.0 Å². The first-order chi connectivity index (χ1) is 11.9. The molecule has 25 heavy (non-hydrogen) atoms. The van der Waals surface area contributed by atoms with Crippen molar-refractivity contribution in [1.82, 2.24) is 10.6 Å². The van der Waals surface area contributed by atoms with E-state index in [1.165, 1.54) is 12.1 Å². The van der Waals surface area contributed by atoms with Crippen LogP contribution in [-0.2, 0) is 0 Å². The van der Waals surface area contributed by atoms with Crippen LogP contribution in [0.5, 0.6) is 0 Å². The van der Waals surface area contributed by atoms with Gasteiger partial charge in [-0.3, -0.25) is 4.79 Å². The van der Waals surface area contributed by atoms with Crippen molar-refractivity contribution in [3.8, 4) is 0 Å². The zero-order valence-electron chi connectivity index (χ0n) is 13.3. The lowest BCUT2D eigenvalue weighted by Crippen LogP contribution is -2.37. The van der Waals surface area contributed by atoms with Gasteiger partial charge < -0.3 is 16.0 Å². The van der Waals surface area contributed by atoms with E-state index in [-0.39, 0.29) is 24.3 Å². The van der Waals surface area contributed by atoms with Crippen LogP contribution in [-0.4, -0.2) is 25.0 Å². The third kappa shape index (κ3) is 5.23. The molecule has 132 valence electrons. The van der Waals surface area contributed by atoms with Crippen molar-refractivity contribution in [3.05, 3.63) is 65.0 Å². The number of urea groups is 1. The molecule has 0 aliphatic rings. The van der Waals surface area contributed by atoms with Crippen LogP contribution in [0.1, 0.15) is 15.9 Å². The van der Waals surface area contributed by atoms with Gasteiger partial charge in [0.05, 0.1) is 5.69 Å². The second-order valence-corrected chi connectivity index (χ2v) is 5.22. The highest BCUT2D eigenvalue weighted by Gasteiger charge is 2.09. The number of nitrogens with one attached hydrogen (secondary N) is 3. The minimum Gasteiger partial charge on any atom is -0.350 e. The number of benzene rings is 2. The largest absolute Gasteiger partial charge is 0.350 e. The molecule has 0 unspecified atom stereocenters. The smallest absolute Gasteiger partial charge is 0.319 e. The van der Waals surface area contributed by atoms with Crippen LogP contribution in [0.3, 0.4) is 0 Å². The van der Waals surface area contributed by atoms with Gasteiger partial charge in [-0.25, -0.2) is 18.0 Å². The van der Waals surface area contributed by atoms with Crippen LogP contribution >= 0.6 is 0 Å². The van der Waals surface area contributed by atoms with Crippen molar-refractivity contribution in [2.45, 2.75) is 6.92 Å². The van der Waals surface area contributed by atoms with Gasteiger partial charge in [0.2, 0.25) is 0 Å². The van der Waals surface area contributed by atoms with Gasteiger partial charge in [-0.1, -0.05) is 6.07 Å².